The minimum absolute atomic E-state index is 0.0565. The maximum absolute atomic E-state index is 10.9. The van der Waals surface area contributed by atoms with Crippen LogP contribution in [0.15, 0.2) is 16.7 Å². The Morgan fingerprint density at radius 2 is 2.26 bits per heavy atom. The molecule has 8 heteroatoms. The third-order valence-corrected chi connectivity index (χ3v) is 3.82. The Morgan fingerprint density at radius 1 is 1.53 bits per heavy atom. The lowest BCUT2D eigenvalue weighted by molar-refractivity contribution is -0.384. The summed E-state index contributed by atoms with van der Waals surface area (Å²) in [5.74, 6) is 0.248. The highest BCUT2D eigenvalue weighted by Crippen LogP contribution is 2.26. The first kappa shape index (κ1) is 13.9. The van der Waals surface area contributed by atoms with Crippen LogP contribution in [0, 0.1) is 24.0 Å². The number of nitrogens with one attached hydrogen (secondary N) is 1. The SMILES string of the molecule is Cc1nc(CNc2ncc(Br)cc2[N+](=O)[O-])c(C)s1. The van der Waals surface area contributed by atoms with Crippen LogP contribution in [0.5, 0.6) is 0 Å². The summed E-state index contributed by atoms with van der Waals surface area (Å²) in [6.07, 6.45) is 1.52. The molecule has 2 rings (SSSR count). The summed E-state index contributed by atoms with van der Waals surface area (Å²) in [6, 6.07) is 1.43. The highest BCUT2D eigenvalue weighted by atomic mass is 79.9. The molecular weight excluding hydrogens is 332 g/mol. The molecule has 0 amide bonds. The summed E-state index contributed by atoms with van der Waals surface area (Å²) in [4.78, 5) is 20.0. The Balaban J connectivity index is 2.20. The van der Waals surface area contributed by atoms with E-state index >= 15 is 0 Å². The summed E-state index contributed by atoms with van der Waals surface area (Å²) >= 11 is 4.77. The van der Waals surface area contributed by atoms with E-state index in [1.807, 2.05) is 13.8 Å². The van der Waals surface area contributed by atoms with Crippen molar-refractivity contribution in [2.24, 2.45) is 0 Å². The summed E-state index contributed by atoms with van der Waals surface area (Å²) < 4.78 is 0.574. The summed E-state index contributed by atoms with van der Waals surface area (Å²) in [7, 11) is 0. The van der Waals surface area contributed by atoms with Crippen LogP contribution in [0.25, 0.3) is 0 Å². The van der Waals surface area contributed by atoms with Gasteiger partial charge in [0.2, 0.25) is 5.82 Å². The van der Waals surface area contributed by atoms with E-state index in [1.54, 1.807) is 11.3 Å². The molecule has 0 fully saturated rings. The molecule has 0 aliphatic heterocycles. The van der Waals surface area contributed by atoms with Crippen molar-refractivity contribution in [3.63, 3.8) is 0 Å². The molecule has 6 nitrogen and oxygen atoms in total. The van der Waals surface area contributed by atoms with E-state index in [2.05, 4.69) is 31.2 Å². The van der Waals surface area contributed by atoms with E-state index in [9.17, 15) is 10.1 Å². The summed E-state index contributed by atoms with van der Waals surface area (Å²) in [5, 5.41) is 14.9. The Labute approximate surface area is 122 Å². The van der Waals surface area contributed by atoms with Crippen LogP contribution >= 0.6 is 27.3 Å². The normalized spacial score (nSPS) is 10.5. The number of nitrogens with zero attached hydrogens (tertiary/aromatic N) is 3. The van der Waals surface area contributed by atoms with Gasteiger partial charge in [0.25, 0.3) is 0 Å². The van der Waals surface area contributed by atoms with Crippen molar-refractivity contribution in [3.8, 4) is 0 Å². The number of hydrogen-bond acceptors (Lipinski definition) is 6. The lowest BCUT2D eigenvalue weighted by Crippen LogP contribution is -2.05. The first-order valence-electron chi connectivity index (χ1n) is 5.44. The van der Waals surface area contributed by atoms with Gasteiger partial charge in [-0.15, -0.1) is 11.3 Å². The number of nitro groups is 1. The molecule has 2 aromatic rings. The quantitative estimate of drug-likeness (QED) is 0.679. The standard InChI is InChI=1S/C11H11BrN4O2S/c1-6-9(15-7(2)19-6)5-14-11-10(16(17)18)3-8(12)4-13-11/h3-4H,5H2,1-2H3,(H,13,14). The lowest BCUT2D eigenvalue weighted by atomic mass is 10.3. The van der Waals surface area contributed by atoms with Crippen molar-refractivity contribution >= 4 is 38.8 Å². The van der Waals surface area contributed by atoms with E-state index < -0.39 is 4.92 Å². The first-order chi connectivity index (χ1) is 8.97. The van der Waals surface area contributed by atoms with Gasteiger partial charge >= 0.3 is 5.69 Å². The molecule has 0 aromatic carbocycles. The van der Waals surface area contributed by atoms with Crippen molar-refractivity contribution in [1.29, 1.82) is 0 Å². The number of aromatic nitrogens is 2. The van der Waals surface area contributed by atoms with Crippen LogP contribution in [0.3, 0.4) is 0 Å². The molecule has 0 bridgehead atoms. The number of aryl methyl sites for hydroxylation is 2. The molecule has 19 heavy (non-hydrogen) atoms. The lowest BCUT2D eigenvalue weighted by Gasteiger charge is -2.05. The number of thiazole rings is 1. The third kappa shape index (κ3) is 3.27. The average molecular weight is 343 g/mol. The molecule has 2 heterocycles. The van der Waals surface area contributed by atoms with Crippen LogP contribution < -0.4 is 5.32 Å². The van der Waals surface area contributed by atoms with Crippen LogP contribution in [0.4, 0.5) is 11.5 Å². The Bertz CT molecular complexity index is 629. The molecule has 0 radical (unpaired) electrons. The van der Waals surface area contributed by atoms with Gasteiger partial charge in [-0.2, -0.15) is 0 Å². The van der Waals surface area contributed by atoms with E-state index in [4.69, 9.17) is 0 Å². The zero-order valence-electron chi connectivity index (χ0n) is 10.3. The van der Waals surface area contributed by atoms with E-state index in [-0.39, 0.29) is 11.5 Å². The fourth-order valence-electron chi connectivity index (χ4n) is 1.61. The fourth-order valence-corrected chi connectivity index (χ4v) is 2.76. The van der Waals surface area contributed by atoms with Crippen molar-refractivity contribution < 1.29 is 4.92 Å². The molecule has 2 aromatic heterocycles. The molecule has 0 atom stereocenters. The minimum Gasteiger partial charge on any atom is -0.359 e. The summed E-state index contributed by atoms with van der Waals surface area (Å²) in [6.45, 7) is 4.33. The molecule has 0 aliphatic carbocycles. The van der Waals surface area contributed by atoms with Crippen LogP contribution in [-0.4, -0.2) is 14.9 Å². The number of anilines is 1. The largest absolute Gasteiger partial charge is 0.359 e. The summed E-state index contributed by atoms with van der Waals surface area (Å²) in [5.41, 5.74) is 0.834. The predicted molar refractivity (Wildman–Crippen MR) is 77.5 cm³/mol. The Morgan fingerprint density at radius 3 is 2.84 bits per heavy atom. The van der Waals surface area contributed by atoms with Crippen LogP contribution in [0.1, 0.15) is 15.6 Å². The highest BCUT2D eigenvalue weighted by Gasteiger charge is 2.16. The van der Waals surface area contributed by atoms with Crippen molar-refractivity contribution in [2.45, 2.75) is 20.4 Å². The van der Waals surface area contributed by atoms with Gasteiger partial charge in [-0.3, -0.25) is 10.1 Å². The van der Waals surface area contributed by atoms with Gasteiger partial charge in [-0.1, -0.05) is 0 Å². The van der Waals surface area contributed by atoms with E-state index in [0.717, 1.165) is 15.6 Å². The molecule has 0 spiro atoms. The third-order valence-electron chi connectivity index (χ3n) is 2.45. The van der Waals surface area contributed by atoms with Gasteiger partial charge in [-0.05, 0) is 29.8 Å². The van der Waals surface area contributed by atoms with E-state index in [1.165, 1.54) is 12.3 Å². The molecule has 0 unspecified atom stereocenters. The topological polar surface area (TPSA) is 81.0 Å². The monoisotopic (exact) mass is 342 g/mol. The van der Waals surface area contributed by atoms with Gasteiger partial charge in [0.15, 0.2) is 0 Å². The van der Waals surface area contributed by atoms with E-state index in [0.29, 0.717) is 11.0 Å². The minimum atomic E-state index is -0.459. The molecule has 0 saturated heterocycles. The molecule has 1 N–H and O–H groups in total. The van der Waals surface area contributed by atoms with Gasteiger partial charge in [0.1, 0.15) is 0 Å². The van der Waals surface area contributed by atoms with Crippen LogP contribution in [0.2, 0.25) is 0 Å². The fraction of sp³-hybridized carbons (Fsp3) is 0.273. The predicted octanol–water partition coefficient (Wildman–Crippen LogP) is 3.44. The maximum Gasteiger partial charge on any atom is 0.312 e. The van der Waals surface area contributed by atoms with Gasteiger partial charge in [0.05, 0.1) is 22.2 Å². The number of hydrogen-bond donors (Lipinski definition) is 1. The van der Waals surface area contributed by atoms with Crippen molar-refractivity contribution in [3.05, 3.63) is 42.4 Å². The zero-order chi connectivity index (χ0) is 14.0. The number of rotatable bonds is 4. The second-order valence-electron chi connectivity index (χ2n) is 3.87. The van der Waals surface area contributed by atoms with Crippen molar-refractivity contribution in [2.75, 3.05) is 5.32 Å². The Kier molecular flexibility index (Phi) is 4.11. The smallest absolute Gasteiger partial charge is 0.312 e. The first-order valence-corrected chi connectivity index (χ1v) is 7.05. The molecule has 0 aliphatic rings. The van der Waals surface area contributed by atoms with Crippen molar-refractivity contribution in [1.82, 2.24) is 9.97 Å². The Hall–Kier alpha value is -1.54. The van der Waals surface area contributed by atoms with Gasteiger partial charge < -0.3 is 5.32 Å². The van der Waals surface area contributed by atoms with Crippen LogP contribution in [-0.2, 0) is 6.54 Å². The van der Waals surface area contributed by atoms with Gasteiger partial charge in [0, 0.05) is 21.6 Å². The number of pyridine rings is 1. The highest BCUT2D eigenvalue weighted by molar-refractivity contribution is 9.10. The average Bonchev–Trinajstić information content (AvgIpc) is 2.66. The zero-order valence-corrected chi connectivity index (χ0v) is 12.7. The van der Waals surface area contributed by atoms with Gasteiger partial charge in [-0.25, -0.2) is 9.97 Å². The molecule has 0 saturated carbocycles. The second kappa shape index (κ2) is 5.62. The molecule has 100 valence electrons. The number of halogens is 1. The maximum atomic E-state index is 10.9. The second-order valence-corrected chi connectivity index (χ2v) is 6.19. The molecular formula is C11H11BrN4O2S.